The standard InChI is InChI=1S/C15H18N4O/c1-3-19(12-6-4-5-11(2)9-12)13-7-8-14(17-10-13)15(16)18-20/h4-10,20H,3H2,1-2H3,(H2,16,18). The zero-order chi connectivity index (χ0) is 14.5. The molecule has 0 fully saturated rings. The highest BCUT2D eigenvalue weighted by Crippen LogP contribution is 2.25. The van der Waals surface area contributed by atoms with E-state index in [1.54, 1.807) is 12.3 Å². The number of amidine groups is 1. The van der Waals surface area contributed by atoms with E-state index in [9.17, 15) is 0 Å². The monoisotopic (exact) mass is 270 g/mol. The number of benzene rings is 1. The molecule has 0 aliphatic carbocycles. The molecule has 104 valence electrons. The Balaban J connectivity index is 2.33. The first kappa shape index (κ1) is 13.9. The molecule has 0 aliphatic heterocycles. The number of aryl methyl sites for hydroxylation is 1. The SMILES string of the molecule is CCN(c1ccc(/C(N)=N/O)nc1)c1cccc(C)c1. The number of aromatic nitrogens is 1. The Bertz CT molecular complexity index is 608. The lowest BCUT2D eigenvalue weighted by molar-refractivity contribution is 0.318. The normalized spacial score (nSPS) is 11.4. The van der Waals surface area contributed by atoms with Gasteiger partial charge in [-0.2, -0.15) is 0 Å². The molecule has 5 heteroatoms. The van der Waals surface area contributed by atoms with Crippen molar-refractivity contribution in [1.82, 2.24) is 4.98 Å². The molecule has 20 heavy (non-hydrogen) atoms. The summed E-state index contributed by atoms with van der Waals surface area (Å²) in [5.74, 6) is 0.00940. The number of nitrogens with two attached hydrogens (primary N) is 1. The van der Waals surface area contributed by atoms with E-state index in [-0.39, 0.29) is 5.84 Å². The van der Waals surface area contributed by atoms with E-state index in [2.05, 4.69) is 47.1 Å². The Labute approximate surface area is 118 Å². The zero-order valence-corrected chi connectivity index (χ0v) is 11.6. The lowest BCUT2D eigenvalue weighted by Crippen LogP contribution is -2.18. The molecule has 5 nitrogen and oxygen atoms in total. The maximum absolute atomic E-state index is 8.63. The van der Waals surface area contributed by atoms with Crippen LogP contribution in [0, 0.1) is 6.92 Å². The molecule has 3 N–H and O–H groups in total. The topological polar surface area (TPSA) is 74.7 Å². The van der Waals surface area contributed by atoms with Crippen LogP contribution in [0.5, 0.6) is 0 Å². The van der Waals surface area contributed by atoms with E-state index in [1.807, 2.05) is 12.1 Å². The molecule has 0 saturated carbocycles. The number of pyridine rings is 1. The van der Waals surface area contributed by atoms with Gasteiger partial charge in [0.2, 0.25) is 0 Å². The minimum atomic E-state index is 0.00940. The van der Waals surface area contributed by atoms with Crippen molar-refractivity contribution in [2.75, 3.05) is 11.4 Å². The van der Waals surface area contributed by atoms with Gasteiger partial charge in [0.05, 0.1) is 11.9 Å². The van der Waals surface area contributed by atoms with Crippen molar-refractivity contribution in [3.8, 4) is 0 Å². The largest absolute Gasteiger partial charge is 0.409 e. The first-order chi connectivity index (χ1) is 9.65. The number of nitrogens with zero attached hydrogens (tertiary/aromatic N) is 3. The van der Waals surface area contributed by atoms with E-state index < -0.39 is 0 Å². The second kappa shape index (κ2) is 6.06. The molecule has 2 rings (SSSR count). The van der Waals surface area contributed by atoms with Crippen LogP contribution < -0.4 is 10.6 Å². The summed E-state index contributed by atoms with van der Waals surface area (Å²) in [6, 6.07) is 11.9. The van der Waals surface area contributed by atoms with Gasteiger partial charge in [-0.05, 0) is 43.7 Å². The summed E-state index contributed by atoms with van der Waals surface area (Å²) in [7, 11) is 0. The van der Waals surface area contributed by atoms with Crippen LogP contribution in [0.25, 0.3) is 0 Å². The molecule has 1 aromatic carbocycles. The van der Waals surface area contributed by atoms with Crippen LogP contribution in [0.1, 0.15) is 18.2 Å². The van der Waals surface area contributed by atoms with Gasteiger partial charge in [-0.3, -0.25) is 4.98 Å². The fourth-order valence-electron chi connectivity index (χ4n) is 2.06. The zero-order valence-electron chi connectivity index (χ0n) is 11.6. The summed E-state index contributed by atoms with van der Waals surface area (Å²) in [6.07, 6.45) is 1.72. The van der Waals surface area contributed by atoms with Gasteiger partial charge in [-0.15, -0.1) is 0 Å². The maximum atomic E-state index is 8.63. The minimum absolute atomic E-state index is 0.00940. The Morgan fingerprint density at radius 3 is 2.65 bits per heavy atom. The maximum Gasteiger partial charge on any atom is 0.188 e. The average molecular weight is 270 g/mol. The molecule has 0 aliphatic rings. The number of anilines is 2. The third-order valence-corrected chi connectivity index (χ3v) is 3.06. The van der Waals surface area contributed by atoms with Gasteiger partial charge in [0.15, 0.2) is 5.84 Å². The quantitative estimate of drug-likeness (QED) is 0.387. The first-order valence-corrected chi connectivity index (χ1v) is 6.44. The Morgan fingerprint density at radius 1 is 1.30 bits per heavy atom. The molecule has 0 radical (unpaired) electrons. The lowest BCUT2D eigenvalue weighted by Gasteiger charge is -2.23. The van der Waals surface area contributed by atoms with Crippen molar-refractivity contribution in [1.29, 1.82) is 0 Å². The van der Waals surface area contributed by atoms with Crippen LogP contribution in [0.2, 0.25) is 0 Å². The summed E-state index contributed by atoms with van der Waals surface area (Å²) >= 11 is 0. The highest BCUT2D eigenvalue weighted by atomic mass is 16.4. The molecule has 0 bridgehead atoms. The molecular formula is C15H18N4O. The van der Waals surface area contributed by atoms with Gasteiger partial charge in [-0.1, -0.05) is 17.3 Å². The van der Waals surface area contributed by atoms with Crippen molar-refractivity contribution in [2.45, 2.75) is 13.8 Å². The fourth-order valence-corrected chi connectivity index (χ4v) is 2.06. The fraction of sp³-hybridized carbons (Fsp3) is 0.200. The molecule has 0 saturated heterocycles. The van der Waals surface area contributed by atoms with E-state index in [0.717, 1.165) is 17.9 Å². The van der Waals surface area contributed by atoms with Crippen LogP contribution >= 0.6 is 0 Å². The van der Waals surface area contributed by atoms with E-state index >= 15 is 0 Å². The number of hydrogen-bond donors (Lipinski definition) is 2. The Kier molecular flexibility index (Phi) is 4.20. The second-order valence-electron chi connectivity index (χ2n) is 4.47. The lowest BCUT2D eigenvalue weighted by atomic mass is 10.2. The van der Waals surface area contributed by atoms with Crippen LogP contribution in [0.15, 0.2) is 47.8 Å². The number of rotatable bonds is 4. The van der Waals surface area contributed by atoms with Gasteiger partial charge < -0.3 is 15.8 Å². The number of hydrogen-bond acceptors (Lipinski definition) is 4. The predicted octanol–water partition coefficient (Wildman–Crippen LogP) is 2.64. The minimum Gasteiger partial charge on any atom is -0.409 e. The smallest absolute Gasteiger partial charge is 0.188 e. The van der Waals surface area contributed by atoms with Crippen molar-refractivity contribution in [2.24, 2.45) is 10.9 Å². The highest BCUT2D eigenvalue weighted by Gasteiger charge is 2.09. The van der Waals surface area contributed by atoms with Gasteiger partial charge in [0.25, 0.3) is 0 Å². The van der Waals surface area contributed by atoms with Gasteiger partial charge in [0.1, 0.15) is 5.69 Å². The second-order valence-corrected chi connectivity index (χ2v) is 4.47. The third kappa shape index (κ3) is 2.88. The summed E-state index contributed by atoms with van der Waals surface area (Å²) in [5, 5.41) is 11.6. The third-order valence-electron chi connectivity index (χ3n) is 3.06. The Morgan fingerprint density at radius 2 is 2.10 bits per heavy atom. The van der Waals surface area contributed by atoms with Crippen LogP contribution in [-0.2, 0) is 0 Å². The van der Waals surface area contributed by atoms with Crippen molar-refractivity contribution in [3.05, 3.63) is 53.9 Å². The van der Waals surface area contributed by atoms with Crippen molar-refractivity contribution >= 4 is 17.2 Å². The molecule has 0 atom stereocenters. The summed E-state index contributed by atoms with van der Waals surface area (Å²) < 4.78 is 0. The molecular weight excluding hydrogens is 252 g/mol. The number of oxime groups is 1. The first-order valence-electron chi connectivity index (χ1n) is 6.44. The Hall–Kier alpha value is -2.56. The molecule has 2 aromatic rings. The van der Waals surface area contributed by atoms with Gasteiger partial charge in [0, 0.05) is 12.2 Å². The molecule has 1 aromatic heterocycles. The van der Waals surface area contributed by atoms with Crippen LogP contribution in [0.3, 0.4) is 0 Å². The summed E-state index contributed by atoms with van der Waals surface area (Å²) in [5.41, 5.74) is 9.26. The summed E-state index contributed by atoms with van der Waals surface area (Å²) in [4.78, 5) is 6.36. The molecule has 0 unspecified atom stereocenters. The van der Waals surface area contributed by atoms with Crippen LogP contribution in [-0.4, -0.2) is 22.6 Å². The van der Waals surface area contributed by atoms with Crippen LogP contribution in [0.4, 0.5) is 11.4 Å². The van der Waals surface area contributed by atoms with Gasteiger partial charge in [-0.25, -0.2) is 0 Å². The van der Waals surface area contributed by atoms with Crippen molar-refractivity contribution < 1.29 is 5.21 Å². The van der Waals surface area contributed by atoms with E-state index in [0.29, 0.717) is 5.69 Å². The van der Waals surface area contributed by atoms with E-state index in [4.69, 9.17) is 10.9 Å². The molecule has 0 amide bonds. The van der Waals surface area contributed by atoms with E-state index in [1.165, 1.54) is 5.56 Å². The van der Waals surface area contributed by atoms with Gasteiger partial charge >= 0.3 is 0 Å². The average Bonchev–Trinajstić information content (AvgIpc) is 2.48. The summed E-state index contributed by atoms with van der Waals surface area (Å²) in [6.45, 7) is 4.98. The predicted molar refractivity (Wildman–Crippen MR) is 80.6 cm³/mol. The molecule has 0 spiro atoms. The van der Waals surface area contributed by atoms with Crippen molar-refractivity contribution in [3.63, 3.8) is 0 Å². The highest BCUT2D eigenvalue weighted by molar-refractivity contribution is 5.95. The molecule has 1 heterocycles.